The molecule has 0 saturated carbocycles. The van der Waals surface area contributed by atoms with Crippen molar-refractivity contribution in [2.45, 2.75) is 29.5 Å². The minimum Gasteiger partial charge on any atom is -0.384 e. The van der Waals surface area contributed by atoms with Crippen LogP contribution in [-0.2, 0) is 9.59 Å². The highest BCUT2D eigenvalue weighted by Gasteiger charge is 2.42. The topological polar surface area (TPSA) is 138 Å². The zero-order valence-electron chi connectivity index (χ0n) is 20.0. The lowest BCUT2D eigenvalue weighted by Gasteiger charge is -2.38. The molecule has 5 rings (SSSR count). The number of ketones is 1. The molecule has 3 aromatic rings. The number of anilines is 2. The van der Waals surface area contributed by atoms with Crippen LogP contribution < -0.4 is 16.0 Å². The lowest BCUT2D eigenvalue weighted by molar-refractivity contribution is -0.116. The summed E-state index contributed by atoms with van der Waals surface area (Å²) in [4.78, 5) is 31.3. The number of carbonyl (C=O) groups excluding carboxylic acids is 2. The SMILES string of the molecule is N#CC1=C(N)N(c2nnc(SCC(=O)Nc3ccc(Cl)cn3)s2)C2=C(C(=O)CCC2)C1c1ccc(Cl)cc1Cl. The standard InChI is InChI=1S/C25H18Cl3N7O2S2/c26-12-4-6-14(16(28)8-12)21-15(9-29)23(30)35(17-2-1-3-18(36)22(17)21)24-33-34-25(39-24)38-11-20(37)32-19-7-5-13(27)10-31-19/h4-8,10,21H,1-3,11,30H2,(H,31,32,37). The molecular formula is C25H18Cl3N7O2S2. The van der Waals surface area contributed by atoms with E-state index in [4.69, 9.17) is 40.5 Å². The highest BCUT2D eigenvalue weighted by molar-refractivity contribution is 8.01. The van der Waals surface area contributed by atoms with Gasteiger partial charge < -0.3 is 11.1 Å². The molecule has 2 aliphatic rings. The molecule has 1 aliphatic heterocycles. The summed E-state index contributed by atoms with van der Waals surface area (Å²) in [5.41, 5.74) is 8.48. The monoisotopic (exact) mass is 617 g/mol. The van der Waals surface area contributed by atoms with Crippen LogP contribution in [0.2, 0.25) is 15.1 Å². The Hall–Kier alpha value is -3.14. The molecule has 0 radical (unpaired) electrons. The zero-order valence-corrected chi connectivity index (χ0v) is 23.9. The minimum absolute atomic E-state index is 0.0667. The molecule has 1 aromatic carbocycles. The number of halogens is 3. The summed E-state index contributed by atoms with van der Waals surface area (Å²) in [5, 5.41) is 23.0. The van der Waals surface area contributed by atoms with E-state index in [1.165, 1.54) is 29.3 Å². The average Bonchev–Trinajstić information content (AvgIpc) is 3.37. The van der Waals surface area contributed by atoms with Gasteiger partial charge in [0.25, 0.3) is 0 Å². The number of hydrogen-bond donors (Lipinski definition) is 2. The van der Waals surface area contributed by atoms with E-state index in [1.54, 1.807) is 35.2 Å². The number of hydrogen-bond acceptors (Lipinski definition) is 10. The second-order valence-electron chi connectivity index (χ2n) is 8.53. The van der Waals surface area contributed by atoms with E-state index in [2.05, 4.69) is 26.6 Å². The number of nitrogens with one attached hydrogen (secondary N) is 1. The molecule has 2 aromatic heterocycles. The van der Waals surface area contributed by atoms with Crippen molar-refractivity contribution < 1.29 is 9.59 Å². The fraction of sp³-hybridized carbons (Fsp3) is 0.200. The first-order valence-electron chi connectivity index (χ1n) is 11.6. The second kappa shape index (κ2) is 11.5. The maximum absolute atomic E-state index is 13.3. The maximum atomic E-state index is 13.3. The summed E-state index contributed by atoms with van der Waals surface area (Å²) in [6.07, 6.45) is 2.98. The van der Waals surface area contributed by atoms with Crippen molar-refractivity contribution in [2.75, 3.05) is 16.0 Å². The summed E-state index contributed by atoms with van der Waals surface area (Å²) >= 11 is 20.8. The van der Waals surface area contributed by atoms with Gasteiger partial charge in [-0.1, -0.05) is 64.0 Å². The van der Waals surface area contributed by atoms with Crippen molar-refractivity contribution in [2.24, 2.45) is 5.73 Å². The number of allylic oxidation sites excluding steroid dienone is 3. The Morgan fingerprint density at radius 3 is 2.72 bits per heavy atom. The van der Waals surface area contributed by atoms with Crippen LogP contribution in [0.1, 0.15) is 30.7 Å². The quantitative estimate of drug-likeness (QED) is 0.322. The van der Waals surface area contributed by atoms with Gasteiger partial charge in [-0.15, -0.1) is 10.2 Å². The molecule has 9 nitrogen and oxygen atoms in total. The number of nitrogens with two attached hydrogens (primary N) is 1. The largest absolute Gasteiger partial charge is 0.384 e. The molecule has 198 valence electrons. The van der Waals surface area contributed by atoms with Crippen LogP contribution in [0.15, 0.2) is 63.5 Å². The lowest BCUT2D eigenvalue weighted by Crippen LogP contribution is -2.38. The van der Waals surface area contributed by atoms with Gasteiger partial charge in [0, 0.05) is 33.9 Å². The number of Topliss-reactive ketones (excluding diaryl/α,β-unsaturated/α-hetero) is 1. The van der Waals surface area contributed by atoms with Crippen LogP contribution in [0.5, 0.6) is 0 Å². The molecule has 0 fully saturated rings. The predicted octanol–water partition coefficient (Wildman–Crippen LogP) is 5.93. The van der Waals surface area contributed by atoms with Crippen LogP contribution in [0.3, 0.4) is 0 Å². The maximum Gasteiger partial charge on any atom is 0.235 e. The van der Waals surface area contributed by atoms with Crippen molar-refractivity contribution in [1.82, 2.24) is 15.2 Å². The molecule has 3 heterocycles. The van der Waals surface area contributed by atoms with Gasteiger partial charge >= 0.3 is 0 Å². The number of amides is 1. The number of rotatable bonds is 6. The average molecular weight is 619 g/mol. The van der Waals surface area contributed by atoms with Crippen LogP contribution in [0.4, 0.5) is 10.9 Å². The van der Waals surface area contributed by atoms with Gasteiger partial charge in [-0.05, 0) is 42.7 Å². The van der Waals surface area contributed by atoms with E-state index < -0.39 is 5.92 Å². The molecule has 1 unspecified atom stereocenters. The number of benzene rings is 1. The normalized spacial score (nSPS) is 17.2. The third-order valence-corrected chi connectivity index (χ3v) is 8.92. The molecule has 1 amide bonds. The van der Waals surface area contributed by atoms with E-state index in [9.17, 15) is 14.9 Å². The fourth-order valence-electron chi connectivity index (χ4n) is 4.46. The first kappa shape index (κ1) is 27.4. The smallest absolute Gasteiger partial charge is 0.235 e. The Labute approximate surface area is 246 Å². The Kier molecular flexibility index (Phi) is 8.11. The van der Waals surface area contributed by atoms with E-state index in [0.717, 1.165) is 0 Å². The van der Waals surface area contributed by atoms with Gasteiger partial charge in [0.2, 0.25) is 11.0 Å². The lowest BCUT2D eigenvalue weighted by atomic mass is 9.76. The third kappa shape index (κ3) is 5.62. The van der Waals surface area contributed by atoms with Gasteiger partial charge in [-0.3, -0.25) is 14.5 Å². The molecular weight excluding hydrogens is 601 g/mol. The van der Waals surface area contributed by atoms with E-state index in [1.807, 2.05) is 0 Å². The van der Waals surface area contributed by atoms with Crippen molar-refractivity contribution in [3.05, 3.63) is 79.8 Å². The summed E-state index contributed by atoms with van der Waals surface area (Å²) in [6.45, 7) is 0. The number of thioether (sulfide) groups is 1. The highest BCUT2D eigenvalue weighted by Crippen LogP contribution is 2.48. The van der Waals surface area contributed by atoms with Crippen LogP contribution >= 0.6 is 57.9 Å². The van der Waals surface area contributed by atoms with E-state index in [0.29, 0.717) is 66.5 Å². The number of nitrogens with zero attached hydrogens (tertiary/aromatic N) is 5. The summed E-state index contributed by atoms with van der Waals surface area (Å²) in [5.74, 6) is -0.468. The number of carbonyl (C=O) groups is 2. The highest BCUT2D eigenvalue weighted by atomic mass is 35.5. The molecule has 0 bridgehead atoms. The Morgan fingerprint density at radius 2 is 2.00 bits per heavy atom. The Morgan fingerprint density at radius 1 is 1.21 bits per heavy atom. The number of pyridine rings is 1. The third-order valence-electron chi connectivity index (χ3n) is 6.10. The van der Waals surface area contributed by atoms with Gasteiger partial charge in [0.1, 0.15) is 11.6 Å². The summed E-state index contributed by atoms with van der Waals surface area (Å²) in [6, 6.07) is 10.4. The fourth-order valence-corrected chi connectivity index (χ4v) is 6.77. The Balaban J connectivity index is 1.43. The van der Waals surface area contributed by atoms with Gasteiger partial charge in [0.15, 0.2) is 10.1 Å². The molecule has 0 spiro atoms. The van der Waals surface area contributed by atoms with Crippen molar-refractivity contribution >= 4 is 80.5 Å². The molecule has 14 heteroatoms. The van der Waals surface area contributed by atoms with Crippen molar-refractivity contribution in [3.8, 4) is 6.07 Å². The summed E-state index contributed by atoms with van der Waals surface area (Å²) in [7, 11) is 0. The van der Waals surface area contributed by atoms with E-state index >= 15 is 0 Å². The number of nitriles is 1. The Bertz CT molecular complexity index is 1580. The predicted molar refractivity (Wildman–Crippen MR) is 153 cm³/mol. The van der Waals surface area contributed by atoms with E-state index in [-0.39, 0.29) is 28.8 Å². The van der Waals surface area contributed by atoms with Gasteiger partial charge in [-0.2, -0.15) is 5.26 Å². The van der Waals surface area contributed by atoms with Crippen molar-refractivity contribution in [1.29, 1.82) is 5.26 Å². The first-order valence-corrected chi connectivity index (χ1v) is 14.5. The van der Waals surface area contributed by atoms with Gasteiger partial charge in [-0.25, -0.2) is 4.98 Å². The first-order chi connectivity index (χ1) is 18.8. The number of aromatic nitrogens is 3. The molecule has 0 saturated heterocycles. The molecule has 39 heavy (non-hydrogen) atoms. The molecule has 1 aliphatic carbocycles. The van der Waals surface area contributed by atoms with Crippen molar-refractivity contribution in [3.63, 3.8) is 0 Å². The minimum atomic E-state index is -0.717. The van der Waals surface area contributed by atoms with Crippen LogP contribution in [0, 0.1) is 11.3 Å². The molecule has 1 atom stereocenters. The van der Waals surface area contributed by atoms with Gasteiger partial charge in [0.05, 0.1) is 28.3 Å². The summed E-state index contributed by atoms with van der Waals surface area (Å²) < 4.78 is 0.516. The second-order valence-corrected chi connectivity index (χ2v) is 12.0. The van der Waals surface area contributed by atoms with Crippen LogP contribution in [-0.4, -0.2) is 32.6 Å². The molecule has 3 N–H and O–H groups in total. The van der Waals surface area contributed by atoms with Crippen LogP contribution in [0.25, 0.3) is 0 Å². The zero-order chi connectivity index (χ0) is 27.7.